The van der Waals surface area contributed by atoms with Crippen molar-refractivity contribution in [1.82, 2.24) is 10.2 Å². The molecule has 0 fully saturated rings. The van der Waals surface area contributed by atoms with Crippen LogP contribution >= 0.6 is 27.7 Å². The van der Waals surface area contributed by atoms with E-state index in [-0.39, 0.29) is 6.54 Å². The number of halogens is 1. The van der Waals surface area contributed by atoms with Gasteiger partial charge in [0.25, 0.3) is 5.22 Å². The first-order chi connectivity index (χ1) is 9.76. The van der Waals surface area contributed by atoms with Crippen molar-refractivity contribution >= 4 is 27.7 Å². The Morgan fingerprint density at radius 3 is 2.65 bits per heavy atom. The summed E-state index contributed by atoms with van der Waals surface area (Å²) in [6.07, 6.45) is 0. The number of hydrogen-bond donors (Lipinski definition) is 1. The second kappa shape index (κ2) is 6.02. The summed E-state index contributed by atoms with van der Waals surface area (Å²) in [7, 11) is 0. The van der Waals surface area contributed by atoms with Gasteiger partial charge in [-0.1, -0.05) is 27.7 Å². The minimum atomic E-state index is 0.251. The number of rotatable bonds is 4. The molecule has 0 amide bonds. The maximum absolute atomic E-state index is 5.57. The van der Waals surface area contributed by atoms with Crippen LogP contribution in [0.2, 0.25) is 0 Å². The molecule has 0 atom stereocenters. The van der Waals surface area contributed by atoms with Crippen LogP contribution in [0, 0.1) is 0 Å². The molecule has 1 aromatic heterocycles. The van der Waals surface area contributed by atoms with Crippen molar-refractivity contribution < 1.29 is 13.9 Å². The van der Waals surface area contributed by atoms with E-state index in [0.29, 0.717) is 30.1 Å². The van der Waals surface area contributed by atoms with Gasteiger partial charge in [-0.05, 0) is 17.7 Å². The van der Waals surface area contributed by atoms with Crippen molar-refractivity contribution in [3.63, 3.8) is 0 Å². The van der Waals surface area contributed by atoms with E-state index in [2.05, 4.69) is 26.1 Å². The highest BCUT2D eigenvalue weighted by Gasteiger charge is 2.15. The van der Waals surface area contributed by atoms with Crippen LogP contribution in [0.25, 0.3) is 0 Å². The molecule has 1 aliphatic rings. The highest BCUT2D eigenvalue weighted by atomic mass is 79.9. The Bertz CT molecular complexity index is 620. The van der Waals surface area contributed by atoms with Gasteiger partial charge in [-0.2, -0.15) is 0 Å². The first-order valence-electron chi connectivity index (χ1n) is 5.99. The predicted molar refractivity (Wildman–Crippen MR) is 76.9 cm³/mol. The monoisotopic (exact) mass is 357 g/mol. The fourth-order valence-electron chi connectivity index (χ4n) is 1.74. The third kappa shape index (κ3) is 2.92. The van der Waals surface area contributed by atoms with E-state index in [9.17, 15) is 0 Å². The number of hydrogen-bond acceptors (Lipinski definition) is 7. The molecular formula is C12H12BrN3O3S. The lowest BCUT2D eigenvalue weighted by atomic mass is 10.2. The zero-order valence-electron chi connectivity index (χ0n) is 10.5. The summed E-state index contributed by atoms with van der Waals surface area (Å²) in [5, 5.41) is 8.24. The summed E-state index contributed by atoms with van der Waals surface area (Å²) < 4.78 is 17.4. The van der Waals surface area contributed by atoms with Crippen LogP contribution < -0.4 is 15.2 Å². The molecule has 2 N–H and O–H groups in total. The lowest BCUT2D eigenvalue weighted by Crippen LogP contribution is -2.15. The average molecular weight is 358 g/mol. The Labute approximate surface area is 128 Å². The molecule has 0 bridgehead atoms. The van der Waals surface area contributed by atoms with Crippen LogP contribution in [-0.2, 0) is 12.3 Å². The Morgan fingerprint density at radius 1 is 1.20 bits per heavy atom. The molecule has 0 saturated heterocycles. The molecule has 2 aromatic rings. The number of thioether (sulfide) groups is 1. The van der Waals surface area contributed by atoms with Gasteiger partial charge >= 0.3 is 0 Å². The van der Waals surface area contributed by atoms with E-state index < -0.39 is 0 Å². The van der Waals surface area contributed by atoms with Crippen LogP contribution in [-0.4, -0.2) is 23.4 Å². The molecular weight excluding hydrogens is 346 g/mol. The van der Waals surface area contributed by atoms with Gasteiger partial charge in [-0.15, -0.1) is 10.2 Å². The minimum absolute atomic E-state index is 0.251. The van der Waals surface area contributed by atoms with Gasteiger partial charge in [-0.25, -0.2) is 0 Å². The minimum Gasteiger partial charge on any atom is -0.486 e. The Balaban J connectivity index is 1.73. The zero-order valence-corrected chi connectivity index (χ0v) is 12.9. The van der Waals surface area contributed by atoms with Crippen LogP contribution in [0.15, 0.2) is 26.2 Å². The number of fused-ring (bicyclic) bond motifs is 1. The first kappa shape index (κ1) is 13.7. The first-order valence-corrected chi connectivity index (χ1v) is 7.77. The van der Waals surface area contributed by atoms with Gasteiger partial charge in [0.2, 0.25) is 5.89 Å². The van der Waals surface area contributed by atoms with Crippen molar-refractivity contribution in [3.8, 4) is 11.5 Å². The maximum atomic E-state index is 5.57. The van der Waals surface area contributed by atoms with Crippen molar-refractivity contribution in [2.24, 2.45) is 5.73 Å². The lowest BCUT2D eigenvalue weighted by Gasteiger charge is -2.19. The van der Waals surface area contributed by atoms with Gasteiger partial charge in [-0.3, -0.25) is 0 Å². The number of nitrogens with zero attached hydrogens (tertiary/aromatic N) is 2. The van der Waals surface area contributed by atoms with E-state index in [0.717, 1.165) is 21.5 Å². The van der Waals surface area contributed by atoms with Gasteiger partial charge in [0, 0.05) is 10.2 Å². The smallest absolute Gasteiger partial charge is 0.276 e. The normalized spacial score (nSPS) is 13.5. The van der Waals surface area contributed by atoms with Gasteiger partial charge < -0.3 is 19.6 Å². The number of aromatic nitrogens is 2. The molecule has 0 aliphatic carbocycles. The number of benzene rings is 1. The van der Waals surface area contributed by atoms with Crippen LogP contribution in [0.3, 0.4) is 0 Å². The molecule has 1 aromatic carbocycles. The fraction of sp³-hybridized carbons (Fsp3) is 0.333. The molecule has 6 nitrogen and oxygen atoms in total. The number of nitrogens with two attached hydrogens (primary N) is 1. The third-order valence-electron chi connectivity index (χ3n) is 2.69. The topological polar surface area (TPSA) is 83.4 Å². The summed E-state index contributed by atoms with van der Waals surface area (Å²) in [5.41, 5.74) is 6.50. The standard InChI is InChI=1S/C12H12BrN3O3S/c13-8-4-10-9(17-1-2-18-10)3-7(8)6-20-12-16-15-11(5-14)19-12/h3-4H,1-2,5-6,14H2. The number of ether oxygens (including phenoxy) is 2. The Kier molecular flexibility index (Phi) is 4.13. The van der Waals surface area contributed by atoms with Crippen LogP contribution in [0.1, 0.15) is 11.5 Å². The summed E-state index contributed by atoms with van der Waals surface area (Å²) in [6.45, 7) is 1.41. The van der Waals surface area contributed by atoms with E-state index in [4.69, 9.17) is 19.6 Å². The van der Waals surface area contributed by atoms with Crippen LogP contribution in [0.5, 0.6) is 11.5 Å². The summed E-state index contributed by atoms with van der Waals surface area (Å²) >= 11 is 4.98. The molecule has 20 heavy (non-hydrogen) atoms. The van der Waals surface area contributed by atoms with Gasteiger partial charge in [0.15, 0.2) is 11.5 Å². The average Bonchev–Trinajstić information content (AvgIpc) is 2.93. The molecule has 8 heteroatoms. The highest BCUT2D eigenvalue weighted by Crippen LogP contribution is 2.37. The molecule has 0 spiro atoms. The fourth-order valence-corrected chi connectivity index (χ4v) is 3.15. The molecule has 2 heterocycles. The van der Waals surface area contributed by atoms with Gasteiger partial charge in [0.05, 0.1) is 6.54 Å². The van der Waals surface area contributed by atoms with E-state index in [1.165, 1.54) is 11.8 Å². The molecule has 0 saturated carbocycles. The highest BCUT2D eigenvalue weighted by molar-refractivity contribution is 9.10. The molecule has 106 valence electrons. The molecule has 3 rings (SSSR count). The van der Waals surface area contributed by atoms with E-state index in [1.54, 1.807) is 0 Å². The van der Waals surface area contributed by atoms with Crippen LogP contribution in [0.4, 0.5) is 0 Å². The Morgan fingerprint density at radius 2 is 1.95 bits per heavy atom. The summed E-state index contributed by atoms with van der Waals surface area (Å²) in [6, 6.07) is 3.88. The quantitative estimate of drug-likeness (QED) is 0.840. The lowest BCUT2D eigenvalue weighted by molar-refractivity contribution is 0.171. The van der Waals surface area contributed by atoms with E-state index in [1.807, 2.05) is 12.1 Å². The third-order valence-corrected chi connectivity index (χ3v) is 4.29. The zero-order chi connectivity index (χ0) is 13.9. The van der Waals surface area contributed by atoms with Crippen molar-refractivity contribution in [2.45, 2.75) is 17.5 Å². The second-order valence-corrected chi connectivity index (χ2v) is 5.82. The molecule has 1 aliphatic heterocycles. The predicted octanol–water partition coefficient (Wildman–Crippen LogP) is 2.35. The molecule has 0 radical (unpaired) electrons. The van der Waals surface area contributed by atoms with Gasteiger partial charge in [0.1, 0.15) is 13.2 Å². The molecule has 0 unspecified atom stereocenters. The van der Waals surface area contributed by atoms with E-state index >= 15 is 0 Å². The Hall–Kier alpha value is -1.25. The van der Waals surface area contributed by atoms with Crippen molar-refractivity contribution in [1.29, 1.82) is 0 Å². The summed E-state index contributed by atoms with van der Waals surface area (Å²) in [5.74, 6) is 2.65. The largest absolute Gasteiger partial charge is 0.486 e. The van der Waals surface area contributed by atoms with Crippen molar-refractivity contribution in [3.05, 3.63) is 28.1 Å². The summed E-state index contributed by atoms with van der Waals surface area (Å²) in [4.78, 5) is 0. The SMILES string of the molecule is NCc1nnc(SCc2cc3c(cc2Br)OCCO3)o1. The maximum Gasteiger partial charge on any atom is 0.276 e. The van der Waals surface area contributed by atoms with Crippen molar-refractivity contribution in [2.75, 3.05) is 13.2 Å². The second-order valence-electron chi connectivity index (χ2n) is 4.04.